The molecule has 2 atom stereocenters. The molecule has 0 saturated heterocycles. The summed E-state index contributed by atoms with van der Waals surface area (Å²) in [4.78, 5) is 10.5. The van der Waals surface area contributed by atoms with Crippen molar-refractivity contribution in [3.63, 3.8) is 0 Å². The van der Waals surface area contributed by atoms with E-state index in [9.17, 15) is 15.2 Å². The Balaban J connectivity index is 2.35. The quantitative estimate of drug-likeness (QED) is 0.321. The lowest BCUT2D eigenvalue weighted by molar-refractivity contribution is -0.384. The number of nitro groups is 1. The maximum absolute atomic E-state index is 11.1. The average molecular weight is 323 g/mol. The van der Waals surface area contributed by atoms with Crippen LogP contribution in [0.2, 0.25) is 0 Å². The fourth-order valence-electron chi connectivity index (χ4n) is 2.86. The normalized spacial score (nSPS) is 22.3. The summed E-state index contributed by atoms with van der Waals surface area (Å²) in [6, 6.07) is 2.51. The molecule has 0 aliphatic carbocycles. The number of nitrogens with two attached hydrogens (primary N) is 1. The average Bonchev–Trinajstić information content (AvgIpc) is 2.47. The molecule has 7 heteroatoms. The summed E-state index contributed by atoms with van der Waals surface area (Å²) in [5, 5.41) is 25.0. The number of fused-ring (bicyclic) bond motifs is 1. The Bertz CT molecular complexity index is 589. The van der Waals surface area contributed by atoms with Crippen molar-refractivity contribution in [1.82, 2.24) is 5.32 Å². The summed E-state index contributed by atoms with van der Waals surface area (Å²) in [7, 11) is 0. The Labute approximate surface area is 136 Å². The third kappa shape index (κ3) is 3.56. The molecule has 0 fully saturated rings. The standard InChI is InChI=1S/C16H25N3O4/c1-4-5-6-7-18-14-10-8-11(17)12(19(21)22)9-13(10)23-16(2,3)15(14)20/h8-9,14-15,18,20H,4-7,17H2,1-3H3. The maximum atomic E-state index is 11.1. The van der Waals surface area contributed by atoms with Gasteiger partial charge in [0.15, 0.2) is 0 Å². The number of aliphatic hydroxyl groups excluding tert-OH is 1. The van der Waals surface area contributed by atoms with Gasteiger partial charge in [0.25, 0.3) is 5.69 Å². The molecule has 2 unspecified atom stereocenters. The van der Waals surface area contributed by atoms with Gasteiger partial charge in [-0.3, -0.25) is 10.1 Å². The van der Waals surface area contributed by atoms with Crippen LogP contribution in [-0.2, 0) is 0 Å². The first kappa shape index (κ1) is 17.5. The second-order valence-corrected chi connectivity index (χ2v) is 6.50. The van der Waals surface area contributed by atoms with Gasteiger partial charge in [-0.05, 0) is 32.9 Å². The Morgan fingerprint density at radius 2 is 2.13 bits per heavy atom. The zero-order chi connectivity index (χ0) is 17.2. The lowest BCUT2D eigenvalue weighted by Crippen LogP contribution is -2.52. The molecular formula is C16H25N3O4. The van der Waals surface area contributed by atoms with Crippen molar-refractivity contribution in [2.75, 3.05) is 12.3 Å². The minimum absolute atomic E-state index is 0.0737. The monoisotopic (exact) mass is 323 g/mol. The first-order valence-electron chi connectivity index (χ1n) is 7.96. The highest BCUT2D eigenvalue weighted by molar-refractivity contribution is 5.65. The van der Waals surface area contributed by atoms with Gasteiger partial charge in [0.1, 0.15) is 23.1 Å². The van der Waals surface area contributed by atoms with E-state index in [4.69, 9.17) is 10.5 Å². The topological polar surface area (TPSA) is 111 Å². The van der Waals surface area contributed by atoms with Crippen LogP contribution in [0.3, 0.4) is 0 Å². The molecule has 0 spiro atoms. The molecule has 1 heterocycles. The van der Waals surface area contributed by atoms with Gasteiger partial charge in [-0.15, -0.1) is 0 Å². The molecule has 128 valence electrons. The number of aliphatic hydroxyl groups is 1. The first-order valence-corrected chi connectivity index (χ1v) is 7.96. The van der Waals surface area contributed by atoms with Crippen molar-refractivity contribution in [3.8, 4) is 5.75 Å². The molecule has 1 aliphatic rings. The Morgan fingerprint density at radius 3 is 2.74 bits per heavy atom. The fourth-order valence-corrected chi connectivity index (χ4v) is 2.86. The summed E-state index contributed by atoms with van der Waals surface area (Å²) in [5.74, 6) is 0.397. The number of anilines is 1. The van der Waals surface area contributed by atoms with Gasteiger partial charge in [0.2, 0.25) is 0 Å². The molecule has 0 amide bonds. The molecule has 23 heavy (non-hydrogen) atoms. The number of nitrogens with one attached hydrogen (secondary N) is 1. The smallest absolute Gasteiger partial charge is 0.295 e. The van der Waals surface area contributed by atoms with Crippen LogP contribution < -0.4 is 15.8 Å². The zero-order valence-corrected chi connectivity index (χ0v) is 13.8. The Hall–Kier alpha value is -1.86. The number of nitrogen functional groups attached to an aromatic ring is 1. The number of hydrogen-bond acceptors (Lipinski definition) is 6. The molecule has 0 saturated carbocycles. The Morgan fingerprint density at radius 1 is 1.43 bits per heavy atom. The highest BCUT2D eigenvalue weighted by Crippen LogP contribution is 2.43. The summed E-state index contributed by atoms with van der Waals surface area (Å²) < 4.78 is 5.79. The van der Waals surface area contributed by atoms with Crippen molar-refractivity contribution in [2.24, 2.45) is 0 Å². The van der Waals surface area contributed by atoms with Crippen LogP contribution in [0.15, 0.2) is 12.1 Å². The number of benzene rings is 1. The minimum atomic E-state index is -0.848. The van der Waals surface area contributed by atoms with E-state index in [0.717, 1.165) is 25.8 Å². The molecule has 1 aromatic rings. The minimum Gasteiger partial charge on any atom is -0.484 e. The summed E-state index contributed by atoms with van der Waals surface area (Å²) in [6.45, 7) is 6.41. The van der Waals surface area contributed by atoms with Crippen molar-refractivity contribution in [3.05, 3.63) is 27.8 Å². The number of nitro benzene ring substituents is 1. The second kappa shape index (κ2) is 6.72. The SMILES string of the molecule is CCCCCNC1c2cc(N)c([N+](=O)[O-])cc2OC(C)(C)C1O. The van der Waals surface area contributed by atoms with Gasteiger partial charge in [-0.25, -0.2) is 0 Å². The molecule has 2 rings (SSSR count). The van der Waals surface area contributed by atoms with E-state index in [2.05, 4.69) is 12.2 Å². The largest absolute Gasteiger partial charge is 0.484 e. The molecule has 1 aliphatic heterocycles. The highest BCUT2D eigenvalue weighted by Gasteiger charge is 2.43. The van der Waals surface area contributed by atoms with Gasteiger partial charge in [-0.1, -0.05) is 19.8 Å². The third-order valence-corrected chi connectivity index (χ3v) is 4.24. The summed E-state index contributed by atoms with van der Waals surface area (Å²) >= 11 is 0. The molecule has 0 radical (unpaired) electrons. The molecule has 1 aromatic carbocycles. The van der Waals surface area contributed by atoms with Gasteiger partial charge in [0, 0.05) is 5.56 Å². The van der Waals surface area contributed by atoms with Crippen molar-refractivity contribution < 1.29 is 14.8 Å². The summed E-state index contributed by atoms with van der Waals surface area (Å²) in [6.07, 6.45) is 2.43. The number of hydrogen-bond donors (Lipinski definition) is 3. The van der Waals surface area contributed by atoms with Crippen molar-refractivity contribution in [2.45, 2.75) is 57.8 Å². The van der Waals surface area contributed by atoms with E-state index >= 15 is 0 Å². The number of rotatable bonds is 6. The van der Waals surface area contributed by atoms with Crippen LogP contribution in [0.1, 0.15) is 51.6 Å². The summed E-state index contributed by atoms with van der Waals surface area (Å²) in [5.41, 5.74) is 5.50. The number of nitrogens with zero attached hydrogens (tertiary/aromatic N) is 1. The van der Waals surface area contributed by atoms with Crippen LogP contribution in [-0.4, -0.2) is 28.3 Å². The predicted molar refractivity (Wildman–Crippen MR) is 88.5 cm³/mol. The van der Waals surface area contributed by atoms with Gasteiger partial charge in [-0.2, -0.15) is 0 Å². The van der Waals surface area contributed by atoms with E-state index in [1.165, 1.54) is 12.1 Å². The first-order chi connectivity index (χ1) is 10.8. The van der Waals surface area contributed by atoms with Gasteiger partial charge < -0.3 is 20.9 Å². The third-order valence-electron chi connectivity index (χ3n) is 4.24. The molecule has 0 aromatic heterocycles. The van der Waals surface area contributed by atoms with E-state index in [-0.39, 0.29) is 17.4 Å². The number of unbranched alkanes of at least 4 members (excludes halogenated alkanes) is 2. The van der Waals surface area contributed by atoms with Crippen LogP contribution in [0.25, 0.3) is 0 Å². The molecule has 4 N–H and O–H groups in total. The van der Waals surface area contributed by atoms with E-state index in [1.807, 2.05) is 0 Å². The maximum Gasteiger partial charge on any atom is 0.295 e. The fraction of sp³-hybridized carbons (Fsp3) is 0.625. The van der Waals surface area contributed by atoms with Gasteiger partial charge in [0.05, 0.1) is 17.0 Å². The predicted octanol–water partition coefficient (Wildman–Crippen LogP) is 2.53. The Kier molecular flexibility index (Phi) is 5.11. The number of ether oxygens (including phenoxy) is 1. The lowest BCUT2D eigenvalue weighted by atomic mass is 9.86. The van der Waals surface area contributed by atoms with Crippen molar-refractivity contribution >= 4 is 11.4 Å². The zero-order valence-electron chi connectivity index (χ0n) is 13.8. The van der Waals surface area contributed by atoms with E-state index in [0.29, 0.717) is 11.3 Å². The van der Waals surface area contributed by atoms with Crippen LogP contribution in [0, 0.1) is 10.1 Å². The highest BCUT2D eigenvalue weighted by atomic mass is 16.6. The second-order valence-electron chi connectivity index (χ2n) is 6.50. The molecule has 0 bridgehead atoms. The van der Waals surface area contributed by atoms with E-state index < -0.39 is 16.6 Å². The molecule has 7 nitrogen and oxygen atoms in total. The lowest BCUT2D eigenvalue weighted by Gasteiger charge is -2.42. The van der Waals surface area contributed by atoms with Gasteiger partial charge >= 0.3 is 0 Å². The molecular weight excluding hydrogens is 298 g/mol. The van der Waals surface area contributed by atoms with Crippen LogP contribution >= 0.6 is 0 Å². The van der Waals surface area contributed by atoms with Crippen LogP contribution in [0.4, 0.5) is 11.4 Å². The van der Waals surface area contributed by atoms with E-state index in [1.54, 1.807) is 13.8 Å². The van der Waals surface area contributed by atoms with Crippen molar-refractivity contribution in [1.29, 1.82) is 0 Å². The van der Waals surface area contributed by atoms with Crippen LogP contribution in [0.5, 0.6) is 5.75 Å².